The predicted octanol–water partition coefficient (Wildman–Crippen LogP) is 3.78. The van der Waals surface area contributed by atoms with Gasteiger partial charge in [0.15, 0.2) is 0 Å². The summed E-state index contributed by atoms with van der Waals surface area (Å²) in [5.74, 6) is 0.00887. The maximum atomic E-state index is 12.7. The molecule has 0 spiro atoms. The molecule has 24 heavy (non-hydrogen) atoms. The summed E-state index contributed by atoms with van der Waals surface area (Å²) in [6.45, 7) is 4.82. The molecule has 3 rings (SSSR count). The fraction of sp³-hybridized carbons (Fsp3) is 0.316. The minimum absolute atomic E-state index is 0. The summed E-state index contributed by atoms with van der Waals surface area (Å²) in [4.78, 5) is 14.8. The maximum absolute atomic E-state index is 12.7. The molecule has 0 aromatic heterocycles. The number of hydrogen-bond acceptors (Lipinski definition) is 3. The number of carbonyl (C=O) groups is 1. The van der Waals surface area contributed by atoms with Crippen molar-refractivity contribution in [2.24, 2.45) is 0 Å². The first-order valence-corrected chi connectivity index (χ1v) is 8.08. The average Bonchev–Trinajstić information content (AvgIpc) is 2.56. The van der Waals surface area contributed by atoms with Crippen LogP contribution in [0, 0.1) is 6.92 Å². The second-order valence-electron chi connectivity index (χ2n) is 6.12. The molecule has 0 aliphatic carbocycles. The van der Waals surface area contributed by atoms with E-state index in [1.165, 1.54) is 0 Å². The first-order chi connectivity index (χ1) is 11.1. The minimum atomic E-state index is -0.240. The Kier molecular flexibility index (Phi) is 5.73. The highest BCUT2D eigenvalue weighted by Crippen LogP contribution is 2.32. The van der Waals surface area contributed by atoms with Crippen molar-refractivity contribution < 1.29 is 4.79 Å². The van der Waals surface area contributed by atoms with Crippen molar-refractivity contribution in [1.82, 2.24) is 0 Å². The molecular weight excluding hydrogens is 322 g/mol. The number of aryl methyl sites for hydroxylation is 1. The van der Waals surface area contributed by atoms with Gasteiger partial charge in [-0.2, -0.15) is 0 Å². The zero-order valence-electron chi connectivity index (χ0n) is 14.1. The van der Waals surface area contributed by atoms with E-state index in [0.29, 0.717) is 0 Å². The van der Waals surface area contributed by atoms with Crippen molar-refractivity contribution >= 4 is 35.4 Å². The smallest absolute Gasteiger partial charge is 0.246 e. The molecule has 3 N–H and O–H groups in total. The van der Waals surface area contributed by atoms with E-state index in [0.717, 1.165) is 47.6 Å². The summed E-state index contributed by atoms with van der Waals surface area (Å²) in [6, 6.07) is 13.5. The van der Waals surface area contributed by atoms with Crippen LogP contribution in [-0.4, -0.2) is 18.5 Å². The Bertz CT molecular complexity index is 732. The van der Waals surface area contributed by atoms with Gasteiger partial charge in [0.05, 0.1) is 0 Å². The average molecular weight is 346 g/mol. The van der Waals surface area contributed by atoms with E-state index >= 15 is 0 Å². The number of nitrogens with two attached hydrogens (primary N) is 1. The van der Waals surface area contributed by atoms with E-state index in [1.54, 1.807) is 0 Å². The minimum Gasteiger partial charge on any atom is -0.398 e. The molecule has 1 aliphatic heterocycles. The van der Waals surface area contributed by atoms with Gasteiger partial charge in [-0.05, 0) is 56.0 Å². The van der Waals surface area contributed by atoms with Crippen molar-refractivity contribution in [1.29, 1.82) is 0 Å². The van der Waals surface area contributed by atoms with E-state index in [2.05, 4.69) is 16.3 Å². The molecule has 0 bridgehead atoms. The second-order valence-corrected chi connectivity index (χ2v) is 6.12. The van der Waals surface area contributed by atoms with Crippen LogP contribution in [-0.2, 0) is 11.2 Å². The van der Waals surface area contributed by atoms with Crippen LogP contribution >= 0.6 is 12.4 Å². The number of amides is 1. The van der Waals surface area contributed by atoms with E-state index < -0.39 is 0 Å². The summed E-state index contributed by atoms with van der Waals surface area (Å²) >= 11 is 0. The zero-order chi connectivity index (χ0) is 16.4. The third-order valence-corrected chi connectivity index (χ3v) is 4.57. The maximum Gasteiger partial charge on any atom is 0.246 e. The molecule has 0 saturated carbocycles. The van der Waals surface area contributed by atoms with Gasteiger partial charge < -0.3 is 16.0 Å². The van der Waals surface area contributed by atoms with E-state index in [-0.39, 0.29) is 24.4 Å². The highest BCUT2D eigenvalue weighted by Gasteiger charge is 2.27. The number of fused-ring (bicyclic) bond motifs is 1. The molecule has 0 fully saturated rings. The lowest BCUT2D eigenvalue weighted by Crippen LogP contribution is -2.44. The Hall–Kier alpha value is -2.20. The Morgan fingerprint density at radius 1 is 1.21 bits per heavy atom. The summed E-state index contributed by atoms with van der Waals surface area (Å²) in [6.07, 6.45) is 1.99. The van der Waals surface area contributed by atoms with Gasteiger partial charge in [0.1, 0.15) is 6.04 Å². The SMILES string of the molecule is Cc1ccccc1NC(=O)C(C)N1CCCc2c(N)cccc21.Cl. The Morgan fingerprint density at radius 2 is 1.96 bits per heavy atom. The molecule has 1 aliphatic rings. The number of halogens is 1. The fourth-order valence-electron chi connectivity index (χ4n) is 3.17. The molecule has 0 saturated heterocycles. The lowest BCUT2D eigenvalue weighted by Gasteiger charge is -2.36. The summed E-state index contributed by atoms with van der Waals surface area (Å²) in [7, 11) is 0. The van der Waals surface area contributed by atoms with Crippen LogP contribution < -0.4 is 16.0 Å². The molecule has 0 radical (unpaired) electrons. The Balaban J connectivity index is 0.00000208. The standard InChI is InChI=1S/C19H23N3O.ClH/c1-13-7-3-4-10-17(13)21-19(23)14(2)22-12-6-8-15-16(20)9-5-11-18(15)22;/h3-5,7,9-11,14H,6,8,12,20H2,1-2H3,(H,21,23);1H. The summed E-state index contributed by atoms with van der Waals surface area (Å²) in [5, 5.41) is 3.04. The van der Waals surface area contributed by atoms with Crippen molar-refractivity contribution in [2.45, 2.75) is 32.7 Å². The number of hydrogen-bond donors (Lipinski definition) is 2. The van der Waals surface area contributed by atoms with Crippen molar-refractivity contribution in [3.8, 4) is 0 Å². The number of rotatable bonds is 3. The van der Waals surface area contributed by atoms with Gasteiger partial charge in [0.25, 0.3) is 0 Å². The number of anilines is 3. The van der Waals surface area contributed by atoms with Crippen LogP contribution in [0.25, 0.3) is 0 Å². The first kappa shape index (κ1) is 18.1. The third-order valence-electron chi connectivity index (χ3n) is 4.57. The number of nitrogen functional groups attached to an aromatic ring is 1. The molecule has 4 nitrogen and oxygen atoms in total. The topological polar surface area (TPSA) is 58.4 Å². The van der Waals surface area contributed by atoms with Crippen LogP contribution in [0.2, 0.25) is 0 Å². The van der Waals surface area contributed by atoms with Crippen LogP contribution in [0.15, 0.2) is 42.5 Å². The van der Waals surface area contributed by atoms with Crippen molar-refractivity contribution in [3.05, 3.63) is 53.6 Å². The Morgan fingerprint density at radius 3 is 2.71 bits per heavy atom. The van der Waals surface area contributed by atoms with Gasteiger partial charge in [0, 0.05) is 23.6 Å². The number of carbonyl (C=O) groups excluding carboxylic acids is 1. The highest BCUT2D eigenvalue weighted by molar-refractivity contribution is 5.97. The molecule has 5 heteroatoms. The van der Waals surface area contributed by atoms with Gasteiger partial charge in [-0.1, -0.05) is 24.3 Å². The van der Waals surface area contributed by atoms with Gasteiger partial charge in [-0.3, -0.25) is 4.79 Å². The lowest BCUT2D eigenvalue weighted by molar-refractivity contribution is -0.117. The van der Waals surface area contributed by atoms with Crippen molar-refractivity contribution in [3.63, 3.8) is 0 Å². The first-order valence-electron chi connectivity index (χ1n) is 8.08. The largest absolute Gasteiger partial charge is 0.398 e. The molecule has 1 heterocycles. The normalized spacial score (nSPS) is 14.3. The van der Waals surface area contributed by atoms with Gasteiger partial charge in [-0.15, -0.1) is 12.4 Å². The molecule has 1 atom stereocenters. The van der Waals surface area contributed by atoms with Gasteiger partial charge >= 0.3 is 0 Å². The van der Waals surface area contributed by atoms with Crippen LogP contribution in [0.5, 0.6) is 0 Å². The summed E-state index contributed by atoms with van der Waals surface area (Å²) < 4.78 is 0. The fourth-order valence-corrected chi connectivity index (χ4v) is 3.17. The van der Waals surface area contributed by atoms with E-state index in [4.69, 9.17) is 5.73 Å². The van der Waals surface area contributed by atoms with E-state index in [9.17, 15) is 4.79 Å². The molecule has 1 unspecified atom stereocenters. The van der Waals surface area contributed by atoms with Gasteiger partial charge in [-0.25, -0.2) is 0 Å². The Labute approximate surface area is 149 Å². The molecule has 2 aromatic carbocycles. The predicted molar refractivity (Wildman–Crippen MR) is 103 cm³/mol. The molecular formula is C19H24ClN3O. The van der Waals surface area contributed by atoms with Crippen LogP contribution in [0.3, 0.4) is 0 Å². The molecule has 1 amide bonds. The number of nitrogens with one attached hydrogen (secondary N) is 1. The number of benzene rings is 2. The number of para-hydroxylation sites is 1. The molecule has 2 aromatic rings. The highest BCUT2D eigenvalue weighted by atomic mass is 35.5. The van der Waals surface area contributed by atoms with Crippen LogP contribution in [0.4, 0.5) is 17.1 Å². The van der Waals surface area contributed by atoms with E-state index in [1.807, 2.05) is 50.2 Å². The second kappa shape index (κ2) is 7.58. The third kappa shape index (κ3) is 3.49. The van der Waals surface area contributed by atoms with Crippen LogP contribution in [0.1, 0.15) is 24.5 Å². The van der Waals surface area contributed by atoms with Crippen molar-refractivity contribution in [2.75, 3.05) is 22.5 Å². The molecule has 128 valence electrons. The monoisotopic (exact) mass is 345 g/mol. The van der Waals surface area contributed by atoms with Gasteiger partial charge in [0.2, 0.25) is 5.91 Å². The lowest BCUT2D eigenvalue weighted by atomic mass is 9.98. The number of nitrogens with zero attached hydrogens (tertiary/aromatic N) is 1. The zero-order valence-corrected chi connectivity index (χ0v) is 14.9. The summed E-state index contributed by atoms with van der Waals surface area (Å²) in [5.41, 5.74) is 11.1. The quantitative estimate of drug-likeness (QED) is 0.832.